The molecule has 3 rings (SSSR count). The fourth-order valence-corrected chi connectivity index (χ4v) is 2.82. The highest BCUT2D eigenvalue weighted by Crippen LogP contribution is 2.29. The zero-order valence-corrected chi connectivity index (χ0v) is 15.8. The van der Waals surface area contributed by atoms with Crippen molar-refractivity contribution in [2.24, 2.45) is 0 Å². The molecule has 0 aliphatic heterocycles. The molecule has 3 aromatic rings. The minimum atomic E-state index is -0.749. The van der Waals surface area contributed by atoms with E-state index in [4.69, 9.17) is 30.8 Å². The van der Waals surface area contributed by atoms with Gasteiger partial charge in [0.15, 0.2) is 6.61 Å². The van der Waals surface area contributed by atoms with Crippen molar-refractivity contribution in [2.75, 3.05) is 19.0 Å². The topological polar surface area (TPSA) is 102 Å². The molecule has 1 heterocycles. The smallest absolute Gasteiger partial charge is 0.375 e. The van der Waals surface area contributed by atoms with E-state index in [2.05, 4.69) is 5.32 Å². The summed E-state index contributed by atoms with van der Waals surface area (Å²) in [4.78, 5) is 24.3. The number of nitrogens with zero attached hydrogens (tertiary/aromatic N) is 1. The lowest BCUT2D eigenvalue weighted by Crippen LogP contribution is -2.21. The van der Waals surface area contributed by atoms with Gasteiger partial charge in [0, 0.05) is 16.6 Å². The summed E-state index contributed by atoms with van der Waals surface area (Å²) in [7, 11) is 1.55. The average Bonchev–Trinajstić information content (AvgIpc) is 3.02. The van der Waals surface area contributed by atoms with Crippen molar-refractivity contribution in [3.8, 4) is 11.8 Å². The monoisotopic (exact) mass is 398 g/mol. The van der Waals surface area contributed by atoms with Crippen LogP contribution < -0.4 is 10.1 Å². The molecule has 0 atom stereocenters. The van der Waals surface area contributed by atoms with Crippen molar-refractivity contribution in [1.29, 1.82) is 5.26 Å². The molecule has 2 aromatic carbocycles. The summed E-state index contributed by atoms with van der Waals surface area (Å²) >= 11 is 5.92. The van der Waals surface area contributed by atoms with Crippen LogP contribution >= 0.6 is 11.6 Å². The van der Waals surface area contributed by atoms with Gasteiger partial charge in [-0.05, 0) is 43.3 Å². The predicted octanol–water partition coefficient (Wildman–Crippen LogP) is 4.07. The summed E-state index contributed by atoms with van der Waals surface area (Å²) in [5.41, 5.74) is 1.79. The van der Waals surface area contributed by atoms with Gasteiger partial charge in [-0.25, -0.2) is 4.79 Å². The standard InChI is InChI=1S/C20H15ClN2O5/c1-11-15-8-14(26-2)5-6-17(15)28-19(11)20(25)27-10-18(24)23-13-4-3-12(9-22)16(21)7-13/h3-8H,10H2,1-2H3,(H,23,24). The first-order valence-electron chi connectivity index (χ1n) is 8.16. The van der Waals surface area contributed by atoms with Crippen LogP contribution in [0.4, 0.5) is 5.69 Å². The van der Waals surface area contributed by atoms with Crippen LogP contribution in [0.25, 0.3) is 11.0 Å². The van der Waals surface area contributed by atoms with E-state index in [-0.39, 0.29) is 10.8 Å². The van der Waals surface area contributed by atoms with E-state index in [1.54, 1.807) is 32.2 Å². The van der Waals surface area contributed by atoms with Crippen molar-refractivity contribution in [2.45, 2.75) is 6.92 Å². The maximum absolute atomic E-state index is 12.3. The fourth-order valence-electron chi connectivity index (χ4n) is 2.60. The number of anilines is 1. The van der Waals surface area contributed by atoms with Crippen LogP contribution in [0, 0.1) is 18.3 Å². The Bertz CT molecular complexity index is 1110. The van der Waals surface area contributed by atoms with Crippen molar-refractivity contribution in [3.63, 3.8) is 0 Å². The van der Waals surface area contributed by atoms with Crippen LogP contribution in [0.5, 0.6) is 5.75 Å². The molecule has 0 fully saturated rings. The lowest BCUT2D eigenvalue weighted by molar-refractivity contribution is -0.119. The minimum Gasteiger partial charge on any atom is -0.497 e. The zero-order valence-electron chi connectivity index (χ0n) is 15.0. The number of methoxy groups -OCH3 is 1. The van der Waals surface area contributed by atoms with Crippen LogP contribution in [-0.4, -0.2) is 25.6 Å². The van der Waals surface area contributed by atoms with Gasteiger partial charge in [-0.15, -0.1) is 0 Å². The number of ether oxygens (including phenoxy) is 2. The van der Waals surface area contributed by atoms with Gasteiger partial charge in [-0.1, -0.05) is 11.6 Å². The highest BCUT2D eigenvalue weighted by molar-refractivity contribution is 6.32. The fraction of sp³-hybridized carbons (Fsp3) is 0.150. The first kappa shape index (κ1) is 19.3. The second kappa shape index (κ2) is 8.03. The summed E-state index contributed by atoms with van der Waals surface area (Å²) in [5.74, 6) is -0.639. The normalized spacial score (nSPS) is 10.4. The third-order valence-corrected chi connectivity index (χ3v) is 4.35. The SMILES string of the molecule is COc1ccc2oc(C(=O)OCC(=O)Nc3ccc(C#N)c(Cl)c3)c(C)c2c1. The molecular weight excluding hydrogens is 384 g/mol. The van der Waals surface area contributed by atoms with Crippen molar-refractivity contribution < 1.29 is 23.5 Å². The summed E-state index contributed by atoms with van der Waals surface area (Å²) in [6, 6.07) is 11.5. The van der Waals surface area contributed by atoms with Crippen LogP contribution in [0.1, 0.15) is 21.7 Å². The number of rotatable bonds is 5. The Hall–Kier alpha value is -3.50. The molecule has 8 heteroatoms. The van der Waals surface area contributed by atoms with E-state index in [1.807, 2.05) is 6.07 Å². The number of furan rings is 1. The van der Waals surface area contributed by atoms with Gasteiger partial charge in [0.05, 0.1) is 17.7 Å². The first-order valence-corrected chi connectivity index (χ1v) is 8.54. The van der Waals surface area contributed by atoms with E-state index < -0.39 is 18.5 Å². The van der Waals surface area contributed by atoms with E-state index in [1.165, 1.54) is 18.2 Å². The molecule has 0 saturated carbocycles. The molecule has 1 aromatic heterocycles. The van der Waals surface area contributed by atoms with Crippen LogP contribution in [0.15, 0.2) is 40.8 Å². The van der Waals surface area contributed by atoms with E-state index >= 15 is 0 Å². The van der Waals surface area contributed by atoms with E-state index in [0.29, 0.717) is 28.1 Å². The molecular formula is C20H15ClN2O5. The minimum absolute atomic E-state index is 0.0254. The predicted molar refractivity (Wildman–Crippen MR) is 103 cm³/mol. The number of benzene rings is 2. The molecule has 7 nitrogen and oxygen atoms in total. The number of hydrogen-bond acceptors (Lipinski definition) is 6. The van der Waals surface area contributed by atoms with Gasteiger partial charge >= 0.3 is 5.97 Å². The van der Waals surface area contributed by atoms with Gasteiger partial charge in [-0.3, -0.25) is 4.79 Å². The quantitative estimate of drug-likeness (QED) is 0.650. The van der Waals surface area contributed by atoms with Gasteiger partial charge < -0.3 is 19.2 Å². The van der Waals surface area contributed by atoms with Crippen LogP contribution in [-0.2, 0) is 9.53 Å². The Labute approximate surface area is 165 Å². The molecule has 1 N–H and O–H groups in total. The second-order valence-corrected chi connectivity index (χ2v) is 6.26. The highest BCUT2D eigenvalue weighted by Gasteiger charge is 2.20. The third kappa shape index (κ3) is 3.92. The Morgan fingerprint density at radius 1 is 1.25 bits per heavy atom. The molecule has 0 saturated heterocycles. The number of amides is 1. The lowest BCUT2D eigenvalue weighted by Gasteiger charge is -2.07. The number of halogens is 1. The van der Waals surface area contributed by atoms with Crippen molar-refractivity contribution >= 4 is 40.1 Å². The lowest BCUT2D eigenvalue weighted by atomic mass is 10.1. The first-order chi connectivity index (χ1) is 13.4. The van der Waals surface area contributed by atoms with Gasteiger partial charge in [0.2, 0.25) is 5.76 Å². The average molecular weight is 399 g/mol. The second-order valence-electron chi connectivity index (χ2n) is 5.85. The number of nitrogens with one attached hydrogen (secondary N) is 1. The van der Waals surface area contributed by atoms with Crippen LogP contribution in [0.3, 0.4) is 0 Å². The maximum atomic E-state index is 12.3. The molecule has 1 amide bonds. The maximum Gasteiger partial charge on any atom is 0.375 e. The molecule has 0 unspecified atom stereocenters. The van der Waals surface area contributed by atoms with Crippen molar-refractivity contribution in [1.82, 2.24) is 0 Å². The Morgan fingerprint density at radius 2 is 2.04 bits per heavy atom. The number of carbonyl (C=O) groups excluding carboxylic acids is 2. The number of hydrogen-bond donors (Lipinski definition) is 1. The summed E-state index contributed by atoms with van der Waals surface area (Å²) in [5, 5.41) is 12.3. The largest absolute Gasteiger partial charge is 0.497 e. The number of carbonyl (C=O) groups is 2. The number of fused-ring (bicyclic) bond motifs is 1. The molecule has 0 aliphatic carbocycles. The number of nitriles is 1. The third-order valence-electron chi connectivity index (χ3n) is 4.04. The zero-order chi connectivity index (χ0) is 20.3. The van der Waals surface area contributed by atoms with E-state index in [0.717, 1.165) is 5.39 Å². The molecule has 28 heavy (non-hydrogen) atoms. The van der Waals surface area contributed by atoms with Gasteiger partial charge in [0.1, 0.15) is 17.4 Å². The van der Waals surface area contributed by atoms with Crippen LogP contribution in [0.2, 0.25) is 5.02 Å². The Morgan fingerprint density at radius 3 is 2.71 bits per heavy atom. The summed E-state index contributed by atoms with van der Waals surface area (Å²) in [6.07, 6.45) is 0. The Balaban J connectivity index is 1.66. The highest BCUT2D eigenvalue weighted by atomic mass is 35.5. The summed E-state index contributed by atoms with van der Waals surface area (Å²) < 4.78 is 15.8. The molecule has 0 radical (unpaired) electrons. The molecule has 0 aliphatic rings. The van der Waals surface area contributed by atoms with Gasteiger partial charge in [-0.2, -0.15) is 5.26 Å². The molecule has 0 spiro atoms. The number of esters is 1. The van der Waals surface area contributed by atoms with E-state index in [9.17, 15) is 9.59 Å². The van der Waals surface area contributed by atoms with Crippen molar-refractivity contribution in [3.05, 3.63) is 58.3 Å². The molecule has 142 valence electrons. The molecule has 0 bridgehead atoms. The Kier molecular flexibility index (Phi) is 5.52. The number of aryl methyl sites for hydroxylation is 1. The summed E-state index contributed by atoms with van der Waals surface area (Å²) in [6.45, 7) is 1.22. The van der Waals surface area contributed by atoms with Gasteiger partial charge in [0.25, 0.3) is 5.91 Å².